The summed E-state index contributed by atoms with van der Waals surface area (Å²) in [7, 11) is 0. The van der Waals surface area contributed by atoms with E-state index in [-0.39, 0.29) is 18.4 Å². The number of ether oxygens (including phenoxy) is 1. The topological polar surface area (TPSA) is 91.0 Å². The molecule has 2 N–H and O–H groups in total. The molecule has 0 bridgehead atoms. The summed E-state index contributed by atoms with van der Waals surface area (Å²) in [5, 5.41) is 5.28. The molecule has 3 rings (SSSR count). The molecule has 0 radical (unpaired) electrons. The molecular weight excluding hydrogens is 408 g/mol. The second-order valence-electron chi connectivity index (χ2n) is 8.59. The minimum atomic E-state index is -0.619. The summed E-state index contributed by atoms with van der Waals surface area (Å²) in [6.07, 6.45) is -0.597. The van der Waals surface area contributed by atoms with E-state index in [9.17, 15) is 14.4 Å². The molecule has 170 valence electrons. The lowest BCUT2D eigenvalue weighted by atomic mass is 10.2. The number of amides is 3. The Bertz CT molecular complexity index is 948. The summed E-state index contributed by atoms with van der Waals surface area (Å²) in [6.45, 7) is 7.97. The van der Waals surface area contributed by atoms with Crippen LogP contribution in [0.25, 0.3) is 0 Å². The third kappa shape index (κ3) is 6.73. The van der Waals surface area contributed by atoms with Crippen LogP contribution in [0.5, 0.6) is 0 Å². The van der Waals surface area contributed by atoms with Crippen molar-refractivity contribution in [2.24, 2.45) is 0 Å². The van der Waals surface area contributed by atoms with E-state index in [0.717, 1.165) is 18.8 Å². The van der Waals surface area contributed by atoms with Crippen molar-refractivity contribution in [1.29, 1.82) is 0 Å². The van der Waals surface area contributed by atoms with Crippen molar-refractivity contribution in [3.63, 3.8) is 0 Å². The third-order valence-electron chi connectivity index (χ3n) is 4.92. The van der Waals surface area contributed by atoms with Gasteiger partial charge in [-0.3, -0.25) is 14.9 Å². The van der Waals surface area contributed by atoms with E-state index in [1.807, 2.05) is 18.2 Å². The molecule has 1 aliphatic heterocycles. The van der Waals surface area contributed by atoms with Gasteiger partial charge in [-0.1, -0.05) is 24.3 Å². The SMILES string of the molecule is CC(C)(C)OC(=O)Nc1cccc(C(=O)NCC(=O)N2CCN(c3ccccc3)CC2)c1. The lowest BCUT2D eigenvalue weighted by Crippen LogP contribution is -2.51. The number of carbonyl (C=O) groups excluding carboxylic acids is 3. The molecule has 3 amide bonds. The summed E-state index contributed by atoms with van der Waals surface area (Å²) < 4.78 is 5.22. The monoisotopic (exact) mass is 438 g/mol. The zero-order chi connectivity index (χ0) is 23.1. The Balaban J connectivity index is 1.47. The summed E-state index contributed by atoms with van der Waals surface area (Å²) >= 11 is 0. The van der Waals surface area contributed by atoms with Crippen LogP contribution in [0, 0.1) is 0 Å². The smallest absolute Gasteiger partial charge is 0.412 e. The predicted molar refractivity (Wildman–Crippen MR) is 124 cm³/mol. The highest BCUT2D eigenvalue weighted by Crippen LogP contribution is 2.16. The molecule has 2 aromatic rings. The second-order valence-corrected chi connectivity index (χ2v) is 8.59. The number of anilines is 2. The first-order chi connectivity index (χ1) is 15.2. The van der Waals surface area contributed by atoms with Crippen molar-refractivity contribution < 1.29 is 19.1 Å². The number of carbonyl (C=O) groups is 3. The van der Waals surface area contributed by atoms with E-state index in [0.29, 0.717) is 24.3 Å². The van der Waals surface area contributed by atoms with Crippen LogP contribution in [0.2, 0.25) is 0 Å². The van der Waals surface area contributed by atoms with E-state index >= 15 is 0 Å². The largest absolute Gasteiger partial charge is 0.444 e. The van der Waals surface area contributed by atoms with Gasteiger partial charge >= 0.3 is 6.09 Å². The summed E-state index contributed by atoms with van der Waals surface area (Å²) in [4.78, 5) is 41.0. The van der Waals surface area contributed by atoms with Gasteiger partial charge in [0.05, 0.1) is 6.54 Å². The maximum Gasteiger partial charge on any atom is 0.412 e. The van der Waals surface area contributed by atoms with Gasteiger partial charge in [-0.2, -0.15) is 0 Å². The van der Waals surface area contributed by atoms with Gasteiger partial charge in [-0.25, -0.2) is 4.79 Å². The molecule has 1 saturated heterocycles. The van der Waals surface area contributed by atoms with Crippen LogP contribution in [0.1, 0.15) is 31.1 Å². The van der Waals surface area contributed by atoms with Crippen molar-refractivity contribution in [3.8, 4) is 0 Å². The Morgan fingerprint density at radius 3 is 2.28 bits per heavy atom. The Morgan fingerprint density at radius 2 is 1.62 bits per heavy atom. The molecule has 0 spiro atoms. The van der Waals surface area contributed by atoms with Gasteiger partial charge in [0.15, 0.2) is 0 Å². The molecule has 0 atom stereocenters. The molecule has 32 heavy (non-hydrogen) atoms. The minimum Gasteiger partial charge on any atom is -0.444 e. The molecule has 0 unspecified atom stereocenters. The number of hydrogen-bond donors (Lipinski definition) is 2. The fourth-order valence-corrected chi connectivity index (χ4v) is 3.38. The number of nitrogens with one attached hydrogen (secondary N) is 2. The highest BCUT2D eigenvalue weighted by molar-refractivity contribution is 5.98. The second kappa shape index (κ2) is 10.2. The van der Waals surface area contributed by atoms with Gasteiger partial charge in [0.1, 0.15) is 5.60 Å². The minimum absolute atomic E-state index is 0.0755. The first-order valence-electron chi connectivity index (χ1n) is 10.7. The molecule has 0 aromatic heterocycles. The lowest BCUT2D eigenvalue weighted by molar-refractivity contribution is -0.130. The summed E-state index contributed by atoms with van der Waals surface area (Å²) in [5.41, 5.74) is 1.31. The third-order valence-corrected chi connectivity index (χ3v) is 4.92. The number of nitrogens with zero attached hydrogens (tertiary/aromatic N) is 2. The highest BCUT2D eigenvalue weighted by Gasteiger charge is 2.22. The van der Waals surface area contributed by atoms with Gasteiger partial charge in [0.2, 0.25) is 5.91 Å². The fraction of sp³-hybridized carbons (Fsp3) is 0.375. The summed E-state index contributed by atoms with van der Waals surface area (Å²) in [5.74, 6) is -0.497. The van der Waals surface area contributed by atoms with E-state index in [2.05, 4.69) is 27.7 Å². The van der Waals surface area contributed by atoms with Gasteiger partial charge < -0.3 is 19.9 Å². The van der Waals surface area contributed by atoms with Crippen LogP contribution in [-0.2, 0) is 9.53 Å². The quantitative estimate of drug-likeness (QED) is 0.749. The molecule has 0 saturated carbocycles. The number of rotatable bonds is 5. The number of piperazine rings is 1. The molecule has 8 nitrogen and oxygen atoms in total. The maximum atomic E-state index is 12.5. The molecular formula is C24H30N4O4. The Labute approximate surface area is 188 Å². The Kier molecular flexibility index (Phi) is 7.35. The van der Waals surface area contributed by atoms with E-state index in [4.69, 9.17) is 4.74 Å². The van der Waals surface area contributed by atoms with Gasteiger partial charge in [0, 0.05) is 43.1 Å². The van der Waals surface area contributed by atoms with Gasteiger partial charge in [-0.05, 0) is 51.1 Å². The van der Waals surface area contributed by atoms with Crippen LogP contribution in [0.3, 0.4) is 0 Å². The molecule has 1 fully saturated rings. The van der Waals surface area contributed by atoms with Crippen LogP contribution in [0.4, 0.5) is 16.2 Å². The van der Waals surface area contributed by atoms with E-state index in [1.54, 1.807) is 49.9 Å². The van der Waals surface area contributed by atoms with Crippen molar-refractivity contribution >= 4 is 29.3 Å². The van der Waals surface area contributed by atoms with E-state index < -0.39 is 11.7 Å². The average Bonchev–Trinajstić information content (AvgIpc) is 2.77. The van der Waals surface area contributed by atoms with Crippen LogP contribution < -0.4 is 15.5 Å². The standard InChI is InChI=1S/C24H30N4O4/c1-24(2,3)32-23(31)26-19-9-7-8-18(16-19)22(30)25-17-21(29)28-14-12-27(13-15-28)20-10-5-4-6-11-20/h4-11,16H,12-15,17H2,1-3H3,(H,25,30)(H,26,31). The number of benzene rings is 2. The highest BCUT2D eigenvalue weighted by atomic mass is 16.6. The number of hydrogen-bond acceptors (Lipinski definition) is 5. The Hall–Kier alpha value is -3.55. The van der Waals surface area contributed by atoms with Crippen LogP contribution in [-0.4, -0.2) is 61.1 Å². The first-order valence-corrected chi connectivity index (χ1v) is 10.7. The lowest BCUT2D eigenvalue weighted by Gasteiger charge is -2.36. The van der Waals surface area contributed by atoms with Gasteiger partial charge in [0.25, 0.3) is 5.91 Å². The average molecular weight is 439 g/mol. The molecule has 1 aliphatic rings. The molecule has 2 aromatic carbocycles. The zero-order valence-electron chi connectivity index (χ0n) is 18.8. The van der Waals surface area contributed by atoms with Crippen molar-refractivity contribution in [1.82, 2.24) is 10.2 Å². The Morgan fingerprint density at radius 1 is 0.938 bits per heavy atom. The fourth-order valence-electron chi connectivity index (χ4n) is 3.38. The number of para-hydroxylation sites is 1. The van der Waals surface area contributed by atoms with E-state index in [1.165, 1.54) is 0 Å². The zero-order valence-corrected chi connectivity index (χ0v) is 18.8. The predicted octanol–water partition coefficient (Wildman–Crippen LogP) is 3.11. The maximum absolute atomic E-state index is 12.5. The molecule has 8 heteroatoms. The molecule has 0 aliphatic carbocycles. The summed E-state index contributed by atoms with van der Waals surface area (Å²) in [6, 6.07) is 16.6. The van der Waals surface area contributed by atoms with Crippen molar-refractivity contribution in [2.75, 3.05) is 42.9 Å². The van der Waals surface area contributed by atoms with Gasteiger partial charge in [-0.15, -0.1) is 0 Å². The van der Waals surface area contributed by atoms with Crippen molar-refractivity contribution in [3.05, 3.63) is 60.2 Å². The normalized spacial score (nSPS) is 14.0. The van der Waals surface area contributed by atoms with Crippen molar-refractivity contribution in [2.45, 2.75) is 26.4 Å². The molecule has 1 heterocycles. The first kappa shape index (κ1) is 23.1. The van der Waals surface area contributed by atoms with Crippen LogP contribution >= 0.6 is 0 Å². The van der Waals surface area contributed by atoms with Crippen LogP contribution in [0.15, 0.2) is 54.6 Å².